The van der Waals surface area contributed by atoms with E-state index in [0.717, 1.165) is 12.8 Å². The fourth-order valence-corrected chi connectivity index (χ4v) is 8.35. The number of carbonyl (C=O) groups excluding carboxylic acids is 1. The zero-order valence-corrected chi connectivity index (χ0v) is 22.2. The first-order valence-electron chi connectivity index (χ1n) is 12.8. The van der Waals surface area contributed by atoms with Crippen molar-refractivity contribution in [2.75, 3.05) is 6.61 Å². The largest absolute Gasteiger partial charge is 0.430 e. The van der Waals surface area contributed by atoms with Crippen molar-refractivity contribution in [3.8, 4) is 0 Å². The summed E-state index contributed by atoms with van der Waals surface area (Å²) in [6, 6.07) is 0. The lowest BCUT2D eigenvalue weighted by atomic mass is 9.36. The first-order chi connectivity index (χ1) is 16.5. The highest BCUT2D eigenvalue weighted by molar-refractivity contribution is 7.86. The lowest BCUT2D eigenvalue weighted by Gasteiger charge is -2.71. The topological polar surface area (TPSA) is 151 Å². The highest BCUT2D eigenvalue weighted by Crippen LogP contribution is 2.72. The van der Waals surface area contributed by atoms with E-state index in [-0.39, 0.29) is 11.8 Å². The number of hydrogen-bond acceptors (Lipinski definition) is 8. The molecule has 4 bridgehead atoms. The molecule has 4 aliphatic rings. The third-order valence-corrected chi connectivity index (χ3v) is 10.6. The van der Waals surface area contributed by atoms with E-state index in [0.29, 0.717) is 44.9 Å². The molecule has 0 aromatic carbocycles. The lowest BCUT2D eigenvalue weighted by Crippen LogP contribution is -2.72. The van der Waals surface area contributed by atoms with Gasteiger partial charge >= 0.3 is 21.3 Å². The second-order valence-electron chi connectivity index (χ2n) is 11.2. The summed E-state index contributed by atoms with van der Waals surface area (Å²) in [4.78, 5) is 12.3. The summed E-state index contributed by atoms with van der Waals surface area (Å²) in [6.45, 7) is 6.81. The van der Waals surface area contributed by atoms with E-state index in [2.05, 4.69) is 4.74 Å². The van der Waals surface area contributed by atoms with Crippen LogP contribution in [0.4, 0.5) is 8.78 Å². The van der Waals surface area contributed by atoms with Crippen molar-refractivity contribution in [1.82, 2.24) is 0 Å². The Morgan fingerprint density at radius 3 is 2.08 bits per heavy atom. The van der Waals surface area contributed by atoms with Crippen molar-refractivity contribution in [3.05, 3.63) is 0 Å². The van der Waals surface area contributed by atoms with Crippen LogP contribution in [0.3, 0.4) is 0 Å². The molecule has 4 N–H and O–H groups in total. The molecule has 0 heterocycles. The summed E-state index contributed by atoms with van der Waals surface area (Å²) >= 11 is 0. The van der Waals surface area contributed by atoms with E-state index in [4.69, 9.17) is 9.29 Å². The maximum atomic E-state index is 13.6. The van der Waals surface area contributed by atoms with Gasteiger partial charge in [-0.05, 0) is 69.6 Å². The molecular weight excluding hydrogens is 502 g/mol. The lowest BCUT2D eigenvalue weighted by molar-refractivity contribution is -0.305. The highest BCUT2D eigenvalue weighted by atomic mass is 32.2. The fourth-order valence-electron chi connectivity index (χ4n) is 8.05. The Kier molecular flexibility index (Phi) is 7.97. The normalized spacial score (nSPS) is 33.6. The summed E-state index contributed by atoms with van der Waals surface area (Å²) in [7, 11) is -6.02. The maximum Gasteiger partial charge on any atom is 0.430 e. The average molecular weight is 543 g/mol. The molecule has 9 nitrogen and oxygen atoms in total. The standard InChI is InChI=1S/C24H40F2O9S/c1-5-22(29,6-2)20-10-15-9-16(12-20)18(21(11-15,14-20)23(30,7-3)8-4)34-13-17(27)35-19(28)24(25,26)36(31,32)33/h15-16,18-19,28-30H,5-14H2,1-4H3,(H,31,32,33). The number of hydrogen-bond donors (Lipinski definition) is 4. The minimum absolute atomic E-state index is 0.0996. The third-order valence-electron chi connectivity index (χ3n) is 9.76. The maximum absolute atomic E-state index is 13.6. The fraction of sp³-hybridized carbons (Fsp3) is 0.958. The van der Waals surface area contributed by atoms with E-state index >= 15 is 0 Å². The van der Waals surface area contributed by atoms with Crippen molar-refractivity contribution < 1.29 is 51.3 Å². The summed E-state index contributed by atoms with van der Waals surface area (Å²) < 4.78 is 67.5. The molecule has 6 atom stereocenters. The number of ether oxygens (including phenoxy) is 2. The van der Waals surface area contributed by atoms with Crippen LogP contribution < -0.4 is 0 Å². The molecule has 0 aliphatic heterocycles. The van der Waals surface area contributed by atoms with Crippen LogP contribution in [0.15, 0.2) is 0 Å². The van der Waals surface area contributed by atoms with E-state index < -0.39 is 62.4 Å². The van der Waals surface area contributed by atoms with Crippen LogP contribution in [-0.4, -0.2) is 69.7 Å². The predicted octanol–water partition coefficient (Wildman–Crippen LogP) is 3.01. The quantitative estimate of drug-likeness (QED) is 0.166. The Morgan fingerprint density at radius 2 is 1.58 bits per heavy atom. The van der Waals surface area contributed by atoms with E-state index in [1.165, 1.54) is 0 Å². The Hall–Kier alpha value is -0.920. The van der Waals surface area contributed by atoms with Gasteiger partial charge in [-0.3, -0.25) is 4.55 Å². The zero-order chi connectivity index (χ0) is 27.4. The van der Waals surface area contributed by atoms with Crippen LogP contribution in [0.25, 0.3) is 0 Å². The van der Waals surface area contributed by atoms with E-state index in [9.17, 15) is 37.3 Å². The molecule has 4 fully saturated rings. The van der Waals surface area contributed by atoms with Gasteiger partial charge in [0.25, 0.3) is 6.29 Å². The Balaban J connectivity index is 1.89. The smallest absolute Gasteiger partial charge is 0.426 e. The molecule has 0 amide bonds. The van der Waals surface area contributed by atoms with Crippen LogP contribution in [0, 0.1) is 22.7 Å². The van der Waals surface area contributed by atoms with Crippen molar-refractivity contribution >= 4 is 16.1 Å². The van der Waals surface area contributed by atoms with Crippen LogP contribution in [0.2, 0.25) is 0 Å². The van der Waals surface area contributed by atoms with Gasteiger partial charge < -0.3 is 24.8 Å². The molecule has 0 aromatic rings. The average Bonchev–Trinajstić information content (AvgIpc) is 2.80. The first-order valence-corrected chi connectivity index (χ1v) is 14.2. The van der Waals surface area contributed by atoms with Crippen molar-refractivity contribution in [2.45, 2.75) is 114 Å². The minimum Gasteiger partial charge on any atom is -0.426 e. The van der Waals surface area contributed by atoms with E-state index in [1.807, 2.05) is 27.7 Å². The zero-order valence-electron chi connectivity index (χ0n) is 21.4. The van der Waals surface area contributed by atoms with Crippen molar-refractivity contribution in [1.29, 1.82) is 0 Å². The molecule has 12 heteroatoms. The van der Waals surface area contributed by atoms with Gasteiger partial charge in [-0.2, -0.15) is 17.2 Å². The Labute approximate surface area is 211 Å². The Bertz CT molecular complexity index is 934. The number of rotatable bonds is 12. The van der Waals surface area contributed by atoms with Gasteiger partial charge in [0.05, 0.1) is 17.3 Å². The van der Waals surface area contributed by atoms with Gasteiger partial charge in [-0.25, -0.2) is 4.79 Å². The van der Waals surface area contributed by atoms with Crippen LogP contribution in [0.5, 0.6) is 0 Å². The molecule has 0 aromatic heterocycles. The summed E-state index contributed by atoms with van der Waals surface area (Å²) in [6.07, 6.45) is 1.31. The molecule has 210 valence electrons. The molecule has 36 heavy (non-hydrogen) atoms. The number of carbonyl (C=O) groups is 1. The highest BCUT2D eigenvalue weighted by Gasteiger charge is 2.71. The van der Waals surface area contributed by atoms with Gasteiger partial charge in [-0.15, -0.1) is 0 Å². The molecule has 6 unspecified atom stereocenters. The van der Waals surface area contributed by atoms with Gasteiger partial charge in [0.2, 0.25) is 0 Å². The van der Waals surface area contributed by atoms with Gasteiger partial charge in [-0.1, -0.05) is 27.7 Å². The second kappa shape index (κ2) is 9.68. The summed E-state index contributed by atoms with van der Waals surface area (Å²) in [5.41, 5.74) is -3.30. The number of aliphatic hydroxyl groups excluding tert-OH is 1. The molecule has 0 radical (unpaired) electrons. The number of aliphatic hydroxyl groups is 3. The van der Waals surface area contributed by atoms with Crippen LogP contribution in [-0.2, 0) is 24.4 Å². The third kappa shape index (κ3) is 4.39. The van der Waals surface area contributed by atoms with Crippen LogP contribution >= 0.6 is 0 Å². The van der Waals surface area contributed by atoms with Crippen molar-refractivity contribution in [3.63, 3.8) is 0 Å². The van der Waals surface area contributed by atoms with Gasteiger partial charge in [0.15, 0.2) is 0 Å². The summed E-state index contributed by atoms with van der Waals surface area (Å²) in [5.74, 6) is -1.27. The van der Waals surface area contributed by atoms with Gasteiger partial charge in [0, 0.05) is 10.8 Å². The monoisotopic (exact) mass is 542 g/mol. The predicted molar refractivity (Wildman–Crippen MR) is 124 cm³/mol. The summed E-state index contributed by atoms with van der Waals surface area (Å²) in [5, 5.41) is 27.9. The molecule has 4 aliphatic carbocycles. The Morgan fingerprint density at radius 1 is 1.03 bits per heavy atom. The molecule has 0 saturated heterocycles. The molecule has 0 spiro atoms. The number of alkyl halides is 2. The minimum atomic E-state index is -6.02. The molecule has 4 rings (SSSR count). The number of esters is 1. The van der Waals surface area contributed by atoms with E-state index in [1.54, 1.807) is 0 Å². The van der Waals surface area contributed by atoms with Crippen LogP contribution in [0.1, 0.15) is 85.5 Å². The SMILES string of the molecule is CCC(O)(CC)C12CC3CC(C1)C(OCC(=O)OC(O)C(F)(F)S(=O)(=O)O)C(C(O)(CC)CC)(C3)C2. The molecule has 4 saturated carbocycles. The van der Waals surface area contributed by atoms with Gasteiger partial charge in [0.1, 0.15) is 6.61 Å². The molecular formula is C24H40F2O9S. The van der Waals surface area contributed by atoms with Crippen molar-refractivity contribution in [2.24, 2.45) is 22.7 Å². The first kappa shape index (κ1) is 29.6. The second-order valence-corrected chi connectivity index (χ2v) is 12.7. The number of halogens is 2.